The zero-order valence-electron chi connectivity index (χ0n) is 36.6. The fourth-order valence-corrected chi connectivity index (χ4v) is 8.78. The van der Waals surface area contributed by atoms with Crippen molar-refractivity contribution >= 4 is 57.0 Å². The van der Waals surface area contributed by atoms with Crippen LogP contribution in [0, 0.1) is 24.2 Å². The zero-order chi connectivity index (χ0) is 46.9. The zero-order valence-corrected chi connectivity index (χ0v) is 38.2. The molecule has 0 unspecified atom stereocenters. The lowest BCUT2D eigenvalue weighted by Crippen LogP contribution is -2.61. The molecule has 2 aromatic carbocycles. The SMILES string of the molecule is C=CCOC(=O)[C@H]1O[C@@H](Oc2ccc(COC(=O)O[C@H]3CC(=O)O[C@H](c4ccc5sc(C)nc5c4)CC=C(C)CCC[C@H](C)[C@H](O)[C@@H](CC=C)C(=O)C3(C)C)cc2Cl)[C@H](O)[C@@H](O)[C@@H]1O. The number of cyclic esters (lactones) is 1. The number of ether oxygens (including phenoxy) is 6. The lowest BCUT2D eigenvalue weighted by Gasteiger charge is -2.39. The molecule has 1 fully saturated rings. The number of aliphatic hydroxyl groups excluding tert-OH is 4. The molecule has 3 aromatic rings. The summed E-state index contributed by atoms with van der Waals surface area (Å²) in [5.41, 5.74) is 1.40. The lowest BCUT2D eigenvalue weighted by molar-refractivity contribution is -0.272. The van der Waals surface area contributed by atoms with Gasteiger partial charge in [0.1, 0.15) is 55.3 Å². The molecule has 1 aromatic heterocycles. The number of rotatable bonds is 11. The number of carbonyl (C=O) groups is 4. The van der Waals surface area contributed by atoms with Gasteiger partial charge in [0.2, 0.25) is 6.29 Å². The summed E-state index contributed by atoms with van der Waals surface area (Å²) in [5, 5.41) is 43.6. The minimum absolute atomic E-state index is 0.0478. The van der Waals surface area contributed by atoms with Crippen LogP contribution in [0.1, 0.15) is 88.5 Å². The standard InChI is InChI=1S/C47H58ClNO14S/c1-8-11-30-38(51)26(4)13-10-12-25(3)14-17-33(29-16-19-35-32(22-29)49-27(5)64-35)60-37(50)23-36(47(6,7)43(30)55)62-46(57)59-24-28-15-18-34(31(48)21-28)61-45-41(54)39(52)40(53)42(63-45)44(56)58-20-9-2/h8-9,14-16,18-19,21-22,26,30,33,36,38-42,45,51-54H,1-2,10-13,17,20,23-24H2,3-7H3/t26-,30+,33-,36-,38-,39-,40-,41+,42-,45+/m0/s1. The van der Waals surface area contributed by atoms with Gasteiger partial charge in [0, 0.05) is 12.3 Å². The summed E-state index contributed by atoms with van der Waals surface area (Å²) in [6, 6.07) is 9.93. The highest BCUT2D eigenvalue weighted by atomic mass is 35.5. The van der Waals surface area contributed by atoms with Crippen LogP contribution >= 0.6 is 22.9 Å². The van der Waals surface area contributed by atoms with Gasteiger partial charge in [-0.3, -0.25) is 9.59 Å². The Kier molecular flexibility index (Phi) is 17.7. The maximum absolute atomic E-state index is 14.5. The monoisotopic (exact) mass is 927 g/mol. The average molecular weight is 928 g/mol. The van der Waals surface area contributed by atoms with Crippen LogP contribution in [0.4, 0.5) is 4.79 Å². The number of allylic oxidation sites excluding steroid dienone is 2. The molecule has 4 N–H and O–H groups in total. The number of Topliss-reactive ketones (excluding diaryl/α,β-unsaturated/α-hetero) is 1. The number of nitrogens with zero attached hydrogens (tertiary/aromatic N) is 1. The summed E-state index contributed by atoms with van der Waals surface area (Å²) < 4.78 is 34.4. The number of aryl methyl sites for hydroxylation is 1. The van der Waals surface area contributed by atoms with E-state index in [0.29, 0.717) is 18.4 Å². The molecule has 0 bridgehead atoms. The number of hydrogen-bond donors (Lipinski definition) is 4. The van der Waals surface area contributed by atoms with Crippen LogP contribution in [-0.4, -0.2) is 98.8 Å². The second kappa shape index (κ2) is 22.5. The van der Waals surface area contributed by atoms with E-state index in [1.165, 1.54) is 24.3 Å². The second-order valence-electron chi connectivity index (χ2n) is 16.8. The Hall–Kier alpha value is -4.68. The molecule has 1 saturated heterocycles. The van der Waals surface area contributed by atoms with Crippen molar-refractivity contribution < 1.29 is 68.0 Å². The Morgan fingerprint density at radius 1 is 1.00 bits per heavy atom. The first-order valence-corrected chi connectivity index (χ1v) is 22.3. The number of halogens is 1. The van der Waals surface area contributed by atoms with Gasteiger partial charge in [-0.2, -0.15) is 0 Å². The summed E-state index contributed by atoms with van der Waals surface area (Å²) in [7, 11) is 0. The molecule has 0 amide bonds. The molecule has 17 heteroatoms. The first kappa shape index (κ1) is 50.3. The summed E-state index contributed by atoms with van der Waals surface area (Å²) in [5.74, 6) is -3.41. The van der Waals surface area contributed by atoms with Crippen molar-refractivity contribution in [3.8, 4) is 5.75 Å². The molecular formula is C47H58ClNO14S. The highest BCUT2D eigenvalue weighted by molar-refractivity contribution is 7.18. The van der Waals surface area contributed by atoms with Crippen molar-refractivity contribution in [1.29, 1.82) is 0 Å². The first-order chi connectivity index (χ1) is 30.3. The first-order valence-electron chi connectivity index (χ1n) is 21.2. The molecule has 5 rings (SSSR count). The van der Waals surface area contributed by atoms with Gasteiger partial charge in [0.05, 0.1) is 38.2 Å². The largest absolute Gasteiger partial charge is 0.508 e. The van der Waals surface area contributed by atoms with Gasteiger partial charge in [0.15, 0.2) is 6.10 Å². The summed E-state index contributed by atoms with van der Waals surface area (Å²) in [4.78, 5) is 59.0. The van der Waals surface area contributed by atoms with E-state index in [9.17, 15) is 39.6 Å². The molecule has 348 valence electrons. The number of aliphatic hydroxyl groups is 4. The third-order valence-electron chi connectivity index (χ3n) is 11.6. The second-order valence-corrected chi connectivity index (χ2v) is 18.5. The molecule has 64 heavy (non-hydrogen) atoms. The topological polar surface area (TPSA) is 217 Å². The number of carbonyl (C=O) groups excluding carboxylic acids is 4. The average Bonchev–Trinajstić information content (AvgIpc) is 3.64. The van der Waals surface area contributed by atoms with Crippen LogP contribution in [0.15, 0.2) is 73.4 Å². The van der Waals surface area contributed by atoms with Crippen LogP contribution in [-0.2, 0) is 44.7 Å². The fourth-order valence-electron chi connectivity index (χ4n) is 7.72. The Morgan fingerprint density at radius 2 is 1.75 bits per heavy atom. The summed E-state index contributed by atoms with van der Waals surface area (Å²) in [6.45, 7) is 15.6. The van der Waals surface area contributed by atoms with Crippen LogP contribution in [0.3, 0.4) is 0 Å². The number of aromatic nitrogens is 1. The Morgan fingerprint density at radius 3 is 2.45 bits per heavy atom. The molecule has 2 aliphatic rings. The van der Waals surface area contributed by atoms with Crippen molar-refractivity contribution in [2.45, 2.75) is 129 Å². The van der Waals surface area contributed by atoms with Crippen molar-refractivity contribution in [1.82, 2.24) is 4.98 Å². The van der Waals surface area contributed by atoms with Gasteiger partial charge in [-0.1, -0.05) is 61.0 Å². The van der Waals surface area contributed by atoms with Gasteiger partial charge in [0.25, 0.3) is 0 Å². The maximum Gasteiger partial charge on any atom is 0.508 e. The number of esters is 2. The maximum atomic E-state index is 14.5. The van der Waals surface area contributed by atoms with Crippen LogP contribution in [0.5, 0.6) is 5.75 Å². The third kappa shape index (κ3) is 12.6. The number of hydrogen-bond acceptors (Lipinski definition) is 16. The predicted octanol–water partition coefficient (Wildman–Crippen LogP) is 7.18. The van der Waals surface area contributed by atoms with E-state index in [1.54, 1.807) is 31.3 Å². The van der Waals surface area contributed by atoms with Crippen molar-refractivity contribution in [2.75, 3.05) is 6.61 Å². The Labute approximate surface area is 381 Å². The smallest absolute Gasteiger partial charge is 0.460 e. The van der Waals surface area contributed by atoms with Crippen LogP contribution in [0.2, 0.25) is 5.02 Å². The van der Waals surface area contributed by atoms with Gasteiger partial charge in [-0.15, -0.1) is 17.9 Å². The van der Waals surface area contributed by atoms with E-state index in [1.807, 2.05) is 45.0 Å². The highest BCUT2D eigenvalue weighted by Gasteiger charge is 2.49. The summed E-state index contributed by atoms with van der Waals surface area (Å²) >= 11 is 8.04. The third-order valence-corrected chi connectivity index (χ3v) is 12.8. The molecule has 10 atom stereocenters. The van der Waals surface area contributed by atoms with Gasteiger partial charge in [-0.25, -0.2) is 14.6 Å². The predicted molar refractivity (Wildman–Crippen MR) is 237 cm³/mol. The van der Waals surface area contributed by atoms with E-state index < -0.39 is 97.3 Å². The molecule has 0 aliphatic carbocycles. The van der Waals surface area contributed by atoms with E-state index in [2.05, 4.69) is 18.1 Å². The molecule has 3 heterocycles. The lowest BCUT2D eigenvalue weighted by atomic mass is 9.71. The van der Waals surface area contributed by atoms with Crippen LogP contribution < -0.4 is 4.74 Å². The number of ketones is 1. The minimum Gasteiger partial charge on any atom is -0.460 e. The van der Waals surface area contributed by atoms with E-state index >= 15 is 0 Å². The molecule has 0 spiro atoms. The minimum atomic E-state index is -1.84. The van der Waals surface area contributed by atoms with Gasteiger partial charge < -0.3 is 48.8 Å². The number of fused-ring (bicyclic) bond motifs is 1. The summed E-state index contributed by atoms with van der Waals surface area (Å²) in [6.07, 6.45) is -6.14. The fraction of sp³-hybridized carbons (Fsp3) is 0.511. The molecule has 0 radical (unpaired) electrons. The normalized spacial score (nSPS) is 28.3. The molecule has 0 saturated carbocycles. The van der Waals surface area contributed by atoms with Crippen molar-refractivity contribution in [2.24, 2.45) is 17.3 Å². The van der Waals surface area contributed by atoms with E-state index in [-0.39, 0.29) is 29.7 Å². The number of benzene rings is 2. The quantitative estimate of drug-likeness (QED) is 0.0851. The molecule has 15 nitrogen and oxygen atoms in total. The van der Waals surface area contributed by atoms with Gasteiger partial charge >= 0.3 is 18.1 Å². The molecular weight excluding hydrogens is 870 g/mol. The highest BCUT2D eigenvalue weighted by Crippen LogP contribution is 2.38. The Balaban J connectivity index is 1.35. The van der Waals surface area contributed by atoms with Gasteiger partial charge in [-0.05, 0) is 94.7 Å². The van der Waals surface area contributed by atoms with Crippen molar-refractivity contribution in [3.05, 3.63) is 94.5 Å². The van der Waals surface area contributed by atoms with Crippen molar-refractivity contribution in [3.63, 3.8) is 0 Å². The van der Waals surface area contributed by atoms with E-state index in [4.69, 9.17) is 40.0 Å². The van der Waals surface area contributed by atoms with E-state index in [0.717, 1.165) is 39.2 Å². The Bertz CT molecular complexity index is 2190. The molecule has 2 aliphatic heterocycles. The van der Waals surface area contributed by atoms with Crippen LogP contribution in [0.25, 0.3) is 10.2 Å². The number of thiazole rings is 1.